The molecule has 2 aromatic rings. The lowest BCUT2D eigenvalue weighted by Gasteiger charge is -2.14. The summed E-state index contributed by atoms with van der Waals surface area (Å²) in [5, 5.41) is 5.88. The fourth-order valence-electron chi connectivity index (χ4n) is 3.18. The van der Waals surface area contributed by atoms with E-state index in [1.54, 1.807) is 18.4 Å². The minimum absolute atomic E-state index is 0.102. The first-order valence-corrected chi connectivity index (χ1v) is 8.85. The van der Waals surface area contributed by atoms with E-state index in [1.165, 1.54) is 0 Å². The molecule has 4 rings (SSSR count). The van der Waals surface area contributed by atoms with Gasteiger partial charge < -0.3 is 10.1 Å². The highest BCUT2D eigenvalue weighted by Gasteiger charge is 2.29. The average Bonchev–Trinajstić information content (AvgIpc) is 3.28. The number of hydrogen-bond acceptors (Lipinski definition) is 5. The Morgan fingerprint density at radius 1 is 1.38 bits per heavy atom. The molecular weight excluding hydrogens is 324 g/mol. The quantitative estimate of drug-likeness (QED) is 0.839. The minimum atomic E-state index is -0.162. The lowest BCUT2D eigenvalue weighted by atomic mass is 10.2. The first-order chi connectivity index (χ1) is 11.7. The van der Waals surface area contributed by atoms with Crippen LogP contribution in [0.2, 0.25) is 0 Å². The van der Waals surface area contributed by atoms with Crippen LogP contribution in [0.5, 0.6) is 0 Å². The van der Waals surface area contributed by atoms with Gasteiger partial charge in [-0.05, 0) is 43.0 Å². The normalized spacial score (nSPS) is 27.1. The number of benzene rings is 1. The van der Waals surface area contributed by atoms with Gasteiger partial charge in [0.2, 0.25) is 5.96 Å². The fraction of sp³-hybridized carbons (Fsp3) is 0.353. The van der Waals surface area contributed by atoms with Gasteiger partial charge in [0.1, 0.15) is 5.70 Å². The Balaban J connectivity index is 1.55. The number of nitrogens with zero attached hydrogens (tertiary/aromatic N) is 2. The molecule has 1 aliphatic carbocycles. The van der Waals surface area contributed by atoms with Gasteiger partial charge in [-0.3, -0.25) is 10.1 Å². The Bertz CT molecular complexity index is 842. The van der Waals surface area contributed by atoms with Crippen LogP contribution in [0.25, 0.3) is 16.3 Å². The summed E-state index contributed by atoms with van der Waals surface area (Å²) in [5.41, 5.74) is 4.26. The second-order valence-electron chi connectivity index (χ2n) is 5.97. The maximum Gasteiger partial charge on any atom is 0.274 e. The molecule has 0 radical (unpaired) electrons. The molecule has 124 valence electrons. The number of hydrogen-bond donors (Lipinski definition) is 2. The second kappa shape index (κ2) is 6.33. The molecule has 1 amide bonds. The number of thiazole rings is 1. The maximum absolute atomic E-state index is 12.2. The molecule has 0 bridgehead atoms. The summed E-state index contributed by atoms with van der Waals surface area (Å²) in [6, 6.07) is 6.05. The molecular formula is C17H18N4O2S. The Hall–Kier alpha value is -2.25. The second-order valence-corrected chi connectivity index (χ2v) is 6.85. The van der Waals surface area contributed by atoms with E-state index in [0.717, 1.165) is 35.0 Å². The largest absolute Gasteiger partial charge is 0.379 e. The summed E-state index contributed by atoms with van der Waals surface area (Å²) in [6.07, 6.45) is 5.08. The van der Waals surface area contributed by atoms with Gasteiger partial charge in [0.25, 0.3) is 5.91 Å². The number of nitrogens with one attached hydrogen (secondary N) is 2. The van der Waals surface area contributed by atoms with Crippen LogP contribution < -0.4 is 10.6 Å². The molecule has 1 saturated carbocycles. The third-order valence-corrected chi connectivity index (χ3v) is 5.20. The van der Waals surface area contributed by atoms with Crippen molar-refractivity contribution in [3.05, 3.63) is 35.0 Å². The predicted molar refractivity (Wildman–Crippen MR) is 94.7 cm³/mol. The zero-order chi connectivity index (χ0) is 16.5. The lowest BCUT2D eigenvalue weighted by molar-refractivity contribution is -0.115. The van der Waals surface area contributed by atoms with Crippen molar-refractivity contribution in [1.82, 2.24) is 15.6 Å². The SMILES string of the molecule is COC1CCCC1N=C1NC(=O)/C(=C/c2ccc3ncsc3c2)N1. The molecule has 24 heavy (non-hydrogen) atoms. The van der Waals surface area contributed by atoms with E-state index >= 15 is 0 Å². The van der Waals surface area contributed by atoms with Gasteiger partial charge in [-0.1, -0.05) is 6.07 Å². The smallest absolute Gasteiger partial charge is 0.274 e. The summed E-state index contributed by atoms with van der Waals surface area (Å²) in [5.74, 6) is 0.351. The van der Waals surface area contributed by atoms with E-state index in [4.69, 9.17) is 4.74 Å². The van der Waals surface area contributed by atoms with Gasteiger partial charge in [-0.2, -0.15) is 0 Å². The predicted octanol–water partition coefficient (Wildman–Crippen LogP) is 2.28. The fourth-order valence-corrected chi connectivity index (χ4v) is 3.91. The highest BCUT2D eigenvalue weighted by atomic mass is 32.1. The number of methoxy groups -OCH3 is 1. The van der Waals surface area contributed by atoms with E-state index in [0.29, 0.717) is 11.7 Å². The van der Waals surface area contributed by atoms with E-state index in [-0.39, 0.29) is 18.1 Å². The van der Waals surface area contributed by atoms with Crippen LogP contribution in [-0.2, 0) is 9.53 Å². The number of guanidine groups is 1. The van der Waals surface area contributed by atoms with Crippen molar-refractivity contribution in [3.63, 3.8) is 0 Å². The van der Waals surface area contributed by atoms with E-state index in [2.05, 4.69) is 20.6 Å². The zero-order valence-corrected chi connectivity index (χ0v) is 14.1. The van der Waals surface area contributed by atoms with Crippen LogP contribution in [0.1, 0.15) is 24.8 Å². The van der Waals surface area contributed by atoms with Crippen LogP contribution in [0.4, 0.5) is 0 Å². The Kier molecular flexibility index (Phi) is 4.03. The van der Waals surface area contributed by atoms with Crippen molar-refractivity contribution in [2.45, 2.75) is 31.4 Å². The van der Waals surface area contributed by atoms with Crippen LogP contribution in [-0.4, -0.2) is 36.1 Å². The third-order valence-electron chi connectivity index (χ3n) is 4.41. The molecule has 2 aliphatic rings. The van der Waals surface area contributed by atoms with Gasteiger partial charge in [-0.25, -0.2) is 9.98 Å². The molecule has 0 spiro atoms. The topological polar surface area (TPSA) is 75.6 Å². The third kappa shape index (κ3) is 2.92. The molecule has 7 heteroatoms. The van der Waals surface area contributed by atoms with Crippen LogP contribution in [0.3, 0.4) is 0 Å². The molecule has 2 fully saturated rings. The molecule has 2 unspecified atom stereocenters. The number of fused-ring (bicyclic) bond motifs is 1. The van der Waals surface area contributed by atoms with Crippen molar-refractivity contribution < 1.29 is 9.53 Å². The number of carbonyl (C=O) groups excluding carboxylic acids is 1. The van der Waals surface area contributed by atoms with Crippen LogP contribution in [0.15, 0.2) is 34.4 Å². The van der Waals surface area contributed by atoms with E-state index in [9.17, 15) is 4.79 Å². The Labute approximate surface area is 143 Å². The molecule has 1 aromatic heterocycles. The summed E-state index contributed by atoms with van der Waals surface area (Å²) < 4.78 is 6.55. The number of ether oxygens (including phenoxy) is 1. The molecule has 1 saturated heterocycles. The molecule has 1 aromatic carbocycles. The average molecular weight is 342 g/mol. The van der Waals surface area contributed by atoms with E-state index in [1.807, 2.05) is 29.8 Å². The molecule has 6 nitrogen and oxygen atoms in total. The van der Waals surface area contributed by atoms with Crippen LogP contribution >= 0.6 is 11.3 Å². The molecule has 2 heterocycles. The maximum atomic E-state index is 12.2. The number of aliphatic imine (C=N–C) groups is 1. The van der Waals surface area contributed by atoms with Crippen molar-refractivity contribution in [2.75, 3.05) is 7.11 Å². The lowest BCUT2D eigenvalue weighted by Crippen LogP contribution is -2.30. The molecule has 2 atom stereocenters. The number of rotatable bonds is 3. The van der Waals surface area contributed by atoms with Crippen molar-refractivity contribution in [1.29, 1.82) is 0 Å². The Morgan fingerprint density at radius 3 is 3.17 bits per heavy atom. The van der Waals surface area contributed by atoms with Crippen molar-refractivity contribution >= 4 is 39.5 Å². The first kappa shape index (κ1) is 15.3. The number of carbonyl (C=O) groups is 1. The highest BCUT2D eigenvalue weighted by molar-refractivity contribution is 7.16. The first-order valence-electron chi connectivity index (χ1n) is 7.97. The van der Waals surface area contributed by atoms with Gasteiger partial charge in [0.15, 0.2) is 0 Å². The number of aromatic nitrogens is 1. The van der Waals surface area contributed by atoms with Gasteiger partial charge in [0, 0.05) is 7.11 Å². The van der Waals surface area contributed by atoms with Gasteiger partial charge in [0.05, 0.1) is 27.9 Å². The summed E-state index contributed by atoms with van der Waals surface area (Å²) in [6.45, 7) is 0. The summed E-state index contributed by atoms with van der Waals surface area (Å²) in [7, 11) is 1.71. The van der Waals surface area contributed by atoms with Gasteiger partial charge >= 0.3 is 0 Å². The summed E-state index contributed by atoms with van der Waals surface area (Å²) in [4.78, 5) is 21.0. The zero-order valence-electron chi connectivity index (χ0n) is 13.3. The van der Waals surface area contributed by atoms with E-state index < -0.39 is 0 Å². The van der Waals surface area contributed by atoms with Crippen molar-refractivity contribution in [3.8, 4) is 0 Å². The Morgan fingerprint density at radius 2 is 2.29 bits per heavy atom. The highest BCUT2D eigenvalue weighted by Crippen LogP contribution is 2.25. The summed E-state index contributed by atoms with van der Waals surface area (Å²) >= 11 is 1.59. The number of amides is 1. The monoisotopic (exact) mass is 342 g/mol. The molecule has 1 aliphatic heterocycles. The standard InChI is InChI=1S/C17H18N4O2S/c1-23-14-4-2-3-11(14)19-17-20-13(16(22)21-17)7-10-5-6-12-15(8-10)24-9-18-12/h5-9,11,14H,2-4H2,1H3,(H2,19,20,21,22)/b13-7-. The minimum Gasteiger partial charge on any atom is -0.379 e. The van der Waals surface area contributed by atoms with Crippen molar-refractivity contribution in [2.24, 2.45) is 4.99 Å². The van der Waals surface area contributed by atoms with Gasteiger partial charge in [-0.15, -0.1) is 11.3 Å². The van der Waals surface area contributed by atoms with Crippen LogP contribution in [0, 0.1) is 0 Å². The molecule has 2 N–H and O–H groups in total.